The fourth-order valence-corrected chi connectivity index (χ4v) is 3.61. The molecule has 0 aromatic heterocycles. The maximum atomic E-state index is 12.5. The maximum Gasteiger partial charge on any atom is 0.331 e. The summed E-state index contributed by atoms with van der Waals surface area (Å²) < 4.78 is 20.9. The molecule has 1 heterocycles. The van der Waals surface area contributed by atoms with Crippen LogP contribution in [0.4, 0.5) is 11.4 Å². The molecule has 0 aliphatic carbocycles. The number of nitrogens with zero attached hydrogens (tertiary/aromatic N) is 3. The van der Waals surface area contributed by atoms with Crippen LogP contribution in [-0.4, -0.2) is 75.8 Å². The molecule has 11 heteroatoms. The van der Waals surface area contributed by atoms with E-state index in [2.05, 4.69) is 0 Å². The average molecular weight is 485 g/mol. The zero-order chi connectivity index (χ0) is 25.4. The van der Waals surface area contributed by atoms with Crippen LogP contribution in [-0.2, 0) is 14.3 Å². The number of methoxy groups -OCH3 is 3. The van der Waals surface area contributed by atoms with Crippen LogP contribution < -0.4 is 19.1 Å². The highest BCUT2D eigenvalue weighted by molar-refractivity contribution is 5.90. The number of rotatable bonds is 9. The van der Waals surface area contributed by atoms with Crippen molar-refractivity contribution in [2.45, 2.75) is 0 Å². The van der Waals surface area contributed by atoms with E-state index in [-0.39, 0.29) is 18.2 Å². The summed E-state index contributed by atoms with van der Waals surface area (Å²) in [7, 11) is 4.51. The first-order valence-electron chi connectivity index (χ1n) is 10.8. The average Bonchev–Trinajstić information content (AvgIpc) is 2.90. The second-order valence-corrected chi connectivity index (χ2v) is 7.53. The van der Waals surface area contributed by atoms with Gasteiger partial charge in [0.2, 0.25) is 0 Å². The molecule has 0 bridgehead atoms. The van der Waals surface area contributed by atoms with E-state index < -0.39 is 10.9 Å². The van der Waals surface area contributed by atoms with Crippen molar-refractivity contribution in [2.24, 2.45) is 0 Å². The number of nitro groups is 1. The van der Waals surface area contributed by atoms with Crippen LogP contribution in [0.15, 0.2) is 42.5 Å². The molecule has 0 unspecified atom stereocenters. The van der Waals surface area contributed by atoms with Gasteiger partial charge >= 0.3 is 5.97 Å². The zero-order valence-electron chi connectivity index (χ0n) is 19.8. The Hall–Kier alpha value is -4.28. The molecule has 0 atom stereocenters. The molecule has 2 aromatic rings. The van der Waals surface area contributed by atoms with E-state index in [1.807, 2.05) is 4.90 Å². The third-order valence-corrected chi connectivity index (χ3v) is 5.53. The van der Waals surface area contributed by atoms with Crippen LogP contribution in [0.3, 0.4) is 0 Å². The molecule has 3 rings (SSSR count). The number of hydrogen-bond donors (Lipinski definition) is 0. The van der Waals surface area contributed by atoms with Crippen LogP contribution in [0.5, 0.6) is 17.2 Å². The number of amides is 1. The van der Waals surface area contributed by atoms with E-state index >= 15 is 0 Å². The molecule has 1 amide bonds. The molecule has 0 N–H and O–H groups in total. The molecule has 1 saturated heterocycles. The lowest BCUT2D eigenvalue weighted by Crippen LogP contribution is -2.49. The highest BCUT2D eigenvalue weighted by Gasteiger charge is 2.22. The van der Waals surface area contributed by atoms with Crippen molar-refractivity contribution >= 4 is 29.3 Å². The number of benzene rings is 2. The van der Waals surface area contributed by atoms with Gasteiger partial charge < -0.3 is 28.7 Å². The Morgan fingerprint density at radius 1 is 0.943 bits per heavy atom. The first-order valence-corrected chi connectivity index (χ1v) is 10.8. The maximum absolute atomic E-state index is 12.5. The monoisotopic (exact) mass is 485 g/mol. The van der Waals surface area contributed by atoms with Crippen LogP contribution in [0.25, 0.3) is 6.08 Å². The molecule has 186 valence electrons. The standard InChI is InChI=1S/C24H27N3O8/c1-32-20-15-22(34-3)21(33-2)14-17(20)4-9-24(29)35-16-23(28)26-12-10-25(11-13-26)18-5-7-19(8-6-18)27(30)31/h4-9,14-15H,10-13,16H2,1-3H3/b9-4+. The second kappa shape index (κ2) is 11.7. The Bertz CT molecular complexity index is 1090. The van der Waals surface area contributed by atoms with Gasteiger partial charge in [0.25, 0.3) is 11.6 Å². The van der Waals surface area contributed by atoms with Crippen molar-refractivity contribution in [3.8, 4) is 17.2 Å². The molecule has 2 aromatic carbocycles. The first-order chi connectivity index (χ1) is 16.9. The number of esters is 1. The van der Waals surface area contributed by atoms with Crippen LogP contribution >= 0.6 is 0 Å². The van der Waals surface area contributed by atoms with Crippen molar-refractivity contribution in [3.05, 3.63) is 58.2 Å². The smallest absolute Gasteiger partial charge is 0.331 e. The van der Waals surface area contributed by atoms with Crippen molar-refractivity contribution in [3.63, 3.8) is 0 Å². The summed E-state index contributed by atoms with van der Waals surface area (Å²) in [5, 5.41) is 10.8. The molecule has 1 aliphatic rings. The van der Waals surface area contributed by atoms with Gasteiger partial charge in [-0.15, -0.1) is 0 Å². The Labute approximate surface area is 202 Å². The van der Waals surface area contributed by atoms with Gasteiger partial charge in [-0.25, -0.2) is 4.79 Å². The molecular weight excluding hydrogens is 458 g/mol. The predicted molar refractivity (Wildman–Crippen MR) is 128 cm³/mol. The Morgan fingerprint density at radius 3 is 2.11 bits per heavy atom. The first kappa shape index (κ1) is 25.3. The summed E-state index contributed by atoms with van der Waals surface area (Å²) in [5.74, 6) is 0.486. The van der Waals surface area contributed by atoms with Gasteiger partial charge in [0.05, 0.1) is 26.3 Å². The van der Waals surface area contributed by atoms with E-state index in [0.29, 0.717) is 49.0 Å². The summed E-state index contributed by atoms with van der Waals surface area (Å²) in [4.78, 5) is 38.7. The van der Waals surface area contributed by atoms with Crippen molar-refractivity contribution < 1.29 is 33.5 Å². The predicted octanol–water partition coefficient (Wildman–Crippen LogP) is 2.53. The number of nitro benzene ring substituents is 1. The van der Waals surface area contributed by atoms with Gasteiger partial charge in [0.15, 0.2) is 18.1 Å². The number of ether oxygens (including phenoxy) is 4. The van der Waals surface area contributed by atoms with E-state index in [1.165, 1.54) is 45.6 Å². The highest BCUT2D eigenvalue weighted by atomic mass is 16.6. The molecule has 1 aliphatic heterocycles. The lowest BCUT2D eigenvalue weighted by Gasteiger charge is -2.36. The van der Waals surface area contributed by atoms with Crippen LogP contribution in [0, 0.1) is 10.1 Å². The van der Waals surface area contributed by atoms with Crippen molar-refractivity contribution in [1.29, 1.82) is 0 Å². The van der Waals surface area contributed by atoms with E-state index in [0.717, 1.165) is 5.69 Å². The van der Waals surface area contributed by atoms with Crippen LogP contribution in [0.1, 0.15) is 5.56 Å². The Balaban J connectivity index is 1.50. The van der Waals surface area contributed by atoms with Gasteiger partial charge in [-0.3, -0.25) is 14.9 Å². The van der Waals surface area contributed by atoms with E-state index in [4.69, 9.17) is 18.9 Å². The summed E-state index contributed by atoms with van der Waals surface area (Å²) in [6.45, 7) is 1.66. The van der Waals surface area contributed by atoms with Gasteiger partial charge in [-0.05, 0) is 24.3 Å². The summed E-state index contributed by atoms with van der Waals surface area (Å²) >= 11 is 0. The molecule has 11 nitrogen and oxygen atoms in total. The molecule has 1 fully saturated rings. The fraction of sp³-hybridized carbons (Fsp3) is 0.333. The third kappa shape index (κ3) is 6.40. The summed E-state index contributed by atoms with van der Waals surface area (Å²) in [6.07, 6.45) is 2.72. The lowest BCUT2D eigenvalue weighted by atomic mass is 10.1. The minimum Gasteiger partial charge on any atom is -0.496 e. The number of carbonyl (C=O) groups excluding carboxylic acids is 2. The number of hydrogen-bond acceptors (Lipinski definition) is 9. The topological polar surface area (TPSA) is 121 Å². The largest absolute Gasteiger partial charge is 0.496 e. The summed E-state index contributed by atoms with van der Waals surface area (Å²) in [6, 6.07) is 9.60. The quantitative estimate of drug-likeness (QED) is 0.228. The SMILES string of the molecule is COc1cc(OC)c(OC)cc1/C=C/C(=O)OCC(=O)N1CCN(c2ccc([N+](=O)[O-])cc2)CC1. The molecule has 0 saturated carbocycles. The minimum absolute atomic E-state index is 0.0306. The van der Waals surface area contributed by atoms with Gasteiger partial charge in [-0.1, -0.05) is 0 Å². The fourth-order valence-electron chi connectivity index (χ4n) is 3.61. The normalized spacial score (nSPS) is 13.5. The minimum atomic E-state index is -0.667. The molecule has 0 spiro atoms. The lowest BCUT2D eigenvalue weighted by molar-refractivity contribution is -0.384. The number of piperazine rings is 1. The number of non-ortho nitro benzene ring substituents is 1. The Kier molecular flexibility index (Phi) is 8.49. The third-order valence-electron chi connectivity index (χ3n) is 5.53. The second-order valence-electron chi connectivity index (χ2n) is 7.53. The number of carbonyl (C=O) groups is 2. The van der Waals surface area contributed by atoms with Crippen molar-refractivity contribution in [2.75, 3.05) is 59.0 Å². The molecular formula is C24H27N3O8. The molecule has 0 radical (unpaired) electrons. The van der Waals surface area contributed by atoms with Crippen LogP contribution in [0.2, 0.25) is 0 Å². The zero-order valence-corrected chi connectivity index (χ0v) is 19.8. The van der Waals surface area contributed by atoms with E-state index in [1.54, 1.807) is 29.2 Å². The van der Waals surface area contributed by atoms with Gasteiger partial charge in [0, 0.05) is 61.7 Å². The van der Waals surface area contributed by atoms with E-state index in [9.17, 15) is 19.7 Å². The van der Waals surface area contributed by atoms with Gasteiger partial charge in [-0.2, -0.15) is 0 Å². The highest BCUT2D eigenvalue weighted by Crippen LogP contribution is 2.35. The Morgan fingerprint density at radius 2 is 1.54 bits per heavy atom. The van der Waals surface area contributed by atoms with Crippen molar-refractivity contribution in [1.82, 2.24) is 4.90 Å². The summed E-state index contributed by atoms with van der Waals surface area (Å²) in [5.41, 5.74) is 1.46. The number of anilines is 1. The molecule has 35 heavy (non-hydrogen) atoms. The van der Waals surface area contributed by atoms with Gasteiger partial charge in [0.1, 0.15) is 5.75 Å².